The molecular weight excluding hydrogens is 250 g/mol. The zero-order chi connectivity index (χ0) is 14.1. The normalized spacial score (nSPS) is 23.1. The fourth-order valence-electron chi connectivity index (χ4n) is 3.26. The predicted molar refractivity (Wildman–Crippen MR) is 81.3 cm³/mol. The summed E-state index contributed by atoms with van der Waals surface area (Å²) in [5, 5.41) is 3.41. The van der Waals surface area contributed by atoms with E-state index in [1.165, 1.54) is 5.56 Å². The predicted octanol–water partition coefficient (Wildman–Crippen LogP) is 2.41. The van der Waals surface area contributed by atoms with Crippen LogP contribution in [0.1, 0.15) is 31.7 Å². The lowest BCUT2D eigenvalue weighted by Gasteiger charge is -2.24. The molecule has 20 heavy (non-hydrogen) atoms. The van der Waals surface area contributed by atoms with Crippen molar-refractivity contribution in [2.24, 2.45) is 0 Å². The quantitative estimate of drug-likeness (QED) is 0.918. The first-order chi connectivity index (χ1) is 9.68. The van der Waals surface area contributed by atoms with Gasteiger partial charge in [-0.3, -0.25) is 4.90 Å². The summed E-state index contributed by atoms with van der Waals surface area (Å²) < 4.78 is 0. The van der Waals surface area contributed by atoms with E-state index in [0.717, 1.165) is 38.3 Å². The van der Waals surface area contributed by atoms with Gasteiger partial charge in [-0.05, 0) is 44.4 Å². The molecule has 0 aliphatic carbocycles. The van der Waals surface area contributed by atoms with Crippen LogP contribution in [0.2, 0.25) is 0 Å². The average molecular weight is 273 g/mol. The maximum atomic E-state index is 12.6. The van der Waals surface area contributed by atoms with Gasteiger partial charge in [0.05, 0.1) is 0 Å². The second-order valence-electron chi connectivity index (χ2n) is 5.97. The van der Waals surface area contributed by atoms with Crippen LogP contribution in [0.25, 0.3) is 0 Å². The number of rotatable bonds is 3. The first-order valence-corrected chi connectivity index (χ1v) is 7.56. The fourth-order valence-corrected chi connectivity index (χ4v) is 3.26. The van der Waals surface area contributed by atoms with Crippen LogP contribution in [0.15, 0.2) is 24.3 Å². The molecule has 0 aromatic heterocycles. The van der Waals surface area contributed by atoms with Crippen LogP contribution in [-0.2, 0) is 0 Å². The maximum Gasteiger partial charge on any atom is 0.324 e. The summed E-state index contributed by atoms with van der Waals surface area (Å²) in [6.45, 7) is 7.88. The lowest BCUT2D eigenvalue weighted by Crippen LogP contribution is -2.36. The molecule has 2 saturated heterocycles. The summed E-state index contributed by atoms with van der Waals surface area (Å²) in [5.41, 5.74) is 2.42. The molecule has 1 aromatic carbocycles. The highest BCUT2D eigenvalue weighted by molar-refractivity contribution is 5.95. The van der Waals surface area contributed by atoms with Crippen molar-refractivity contribution in [1.82, 2.24) is 10.2 Å². The summed E-state index contributed by atoms with van der Waals surface area (Å²) >= 11 is 0. The van der Waals surface area contributed by atoms with Crippen molar-refractivity contribution < 1.29 is 4.79 Å². The third-order valence-electron chi connectivity index (χ3n) is 4.39. The van der Waals surface area contributed by atoms with Gasteiger partial charge >= 0.3 is 6.03 Å². The number of nitrogens with one attached hydrogen (secondary N) is 1. The molecule has 2 aliphatic rings. The molecule has 2 heterocycles. The topological polar surface area (TPSA) is 35.6 Å². The van der Waals surface area contributed by atoms with Crippen LogP contribution in [0.5, 0.6) is 0 Å². The van der Waals surface area contributed by atoms with E-state index in [1.807, 2.05) is 15.9 Å². The SMILES string of the molecule is CC(C)N1CCN(c2ccccc2C2CCNC2)C1=O. The van der Waals surface area contributed by atoms with E-state index >= 15 is 0 Å². The van der Waals surface area contributed by atoms with E-state index in [1.54, 1.807) is 0 Å². The highest BCUT2D eigenvalue weighted by atomic mass is 16.2. The van der Waals surface area contributed by atoms with Gasteiger partial charge in [-0.15, -0.1) is 0 Å². The molecule has 4 heteroatoms. The number of carbonyl (C=O) groups is 1. The summed E-state index contributed by atoms with van der Waals surface area (Å²) in [5.74, 6) is 0.534. The fraction of sp³-hybridized carbons (Fsp3) is 0.562. The van der Waals surface area contributed by atoms with E-state index in [-0.39, 0.29) is 12.1 Å². The molecule has 2 amide bonds. The van der Waals surface area contributed by atoms with Gasteiger partial charge in [-0.1, -0.05) is 18.2 Å². The third kappa shape index (κ3) is 2.29. The van der Waals surface area contributed by atoms with Gasteiger partial charge < -0.3 is 10.2 Å². The standard InChI is InChI=1S/C16H23N3O/c1-12(2)18-9-10-19(16(18)20)15-6-4-3-5-14(15)13-7-8-17-11-13/h3-6,12-13,17H,7-11H2,1-2H3. The highest BCUT2D eigenvalue weighted by Gasteiger charge is 2.33. The Labute approximate surface area is 120 Å². The Morgan fingerprint density at radius 3 is 2.70 bits per heavy atom. The molecule has 108 valence electrons. The first kappa shape index (κ1) is 13.4. The Bertz CT molecular complexity index is 494. The molecule has 1 atom stereocenters. The summed E-state index contributed by atoms with van der Waals surface area (Å²) in [4.78, 5) is 16.5. The molecule has 1 unspecified atom stereocenters. The minimum Gasteiger partial charge on any atom is -0.320 e. The van der Waals surface area contributed by atoms with Gasteiger partial charge in [0.15, 0.2) is 0 Å². The molecule has 1 N–H and O–H groups in total. The summed E-state index contributed by atoms with van der Waals surface area (Å²) in [6, 6.07) is 8.81. The van der Waals surface area contributed by atoms with Crippen molar-refractivity contribution in [2.45, 2.75) is 32.2 Å². The lowest BCUT2D eigenvalue weighted by molar-refractivity contribution is 0.209. The zero-order valence-corrected chi connectivity index (χ0v) is 12.3. The van der Waals surface area contributed by atoms with Gasteiger partial charge in [0.1, 0.15) is 0 Å². The van der Waals surface area contributed by atoms with Gasteiger partial charge in [-0.2, -0.15) is 0 Å². The summed E-state index contributed by atoms with van der Waals surface area (Å²) in [7, 11) is 0. The van der Waals surface area contributed by atoms with E-state index in [4.69, 9.17) is 0 Å². The van der Waals surface area contributed by atoms with Crippen molar-refractivity contribution in [1.29, 1.82) is 0 Å². The number of para-hydroxylation sites is 1. The first-order valence-electron chi connectivity index (χ1n) is 7.56. The van der Waals surface area contributed by atoms with Crippen LogP contribution >= 0.6 is 0 Å². The maximum absolute atomic E-state index is 12.6. The highest BCUT2D eigenvalue weighted by Crippen LogP contribution is 2.33. The minimum atomic E-state index is 0.151. The molecule has 1 aromatic rings. The molecule has 0 radical (unpaired) electrons. The number of amides is 2. The number of anilines is 1. The smallest absolute Gasteiger partial charge is 0.320 e. The van der Waals surface area contributed by atoms with Gasteiger partial charge in [0, 0.05) is 31.4 Å². The van der Waals surface area contributed by atoms with E-state index in [9.17, 15) is 4.79 Å². The van der Waals surface area contributed by atoms with Crippen LogP contribution in [-0.4, -0.2) is 43.2 Å². The number of hydrogen-bond acceptors (Lipinski definition) is 2. The molecule has 3 rings (SSSR count). The Kier molecular flexibility index (Phi) is 3.66. The number of benzene rings is 1. The molecule has 0 spiro atoms. The number of urea groups is 1. The van der Waals surface area contributed by atoms with E-state index < -0.39 is 0 Å². The Hall–Kier alpha value is -1.55. The third-order valence-corrected chi connectivity index (χ3v) is 4.39. The Morgan fingerprint density at radius 2 is 2.05 bits per heavy atom. The second-order valence-corrected chi connectivity index (χ2v) is 5.97. The molecule has 0 bridgehead atoms. The molecular formula is C16H23N3O. The van der Waals surface area contributed by atoms with Gasteiger partial charge in [0.2, 0.25) is 0 Å². The largest absolute Gasteiger partial charge is 0.324 e. The van der Waals surface area contributed by atoms with E-state index in [0.29, 0.717) is 5.92 Å². The van der Waals surface area contributed by atoms with Gasteiger partial charge in [0.25, 0.3) is 0 Å². The van der Waals surface area contributed by atoms with E-state index in [2.05, 4.69) is 37.4 Å². The Balaban J connectivity index is 1.89. The van der Waals surface area contributed by atoms with Crippen molar-refractivity contribution >= 4 is 11.7 Å². The molecule has 2 aliphatic heterocycles. The van der Waals surface area contributed by atoms with Crippen LogP contribution < -0.4 is 10.2 Å². The van der Waals surface area contributed by atoms with Crippen molar-refractivity contribution in [2.75, 3.05) is 31.1 Å². The summed E-state index contributed by atoms with van der Waals surface area (Å²) in [6.07, 6.45) is 1.16. The second kappa shape index (κ2) is 5.44. The van der Waals surface area contributed by atoms with Crippen LogP contribution in [0.3, 0.4) is 0 Å². The van der Waals surface area contributed by atoms with Crippen LogP contribution in [0.4, 0.5) is 10.5 Å². The Morgan fingerprint density at radius 1 is 1.25 bits per heavy atom. The monoisotopic (exact) mass is 273 g/mol. The molecule has 4 nitrogen and oxygen atoms in total. The lowest BCUT2D eigenvalue weighted by atomic mass is 9.96. The van der Waals surface area contributed by atoms with Crippen molar-refractivity contribution in [3.05, 3.63) is 29.8 Å². The van der Waals surface area contributed by atoms with Crippen LogP contribution in [0, 0.1) is 0 Å². The number of nitrogens with zero attached hydrogens (tertiary/aromatic N) is 2. The minimum absolute atomic E-state index is 0.151. The average Bonchev–Trinajstić information content (AvgIpc) is 3.08. The molecule has 0 saturated carbocycles. The van der Waals surface area contributed by atoms with Crippen molar-refractivity contribution in [3.63, 3.8) is 0 Å². The number of hydrogen-bond donors (Lipinski definition) is 1. The number of carbonyl (C=O) groups excluding carboxylic acids is 1. The van der Waals surface area contributed by atoms with Crippen molar-refractivity contribution in [3.8, 4) is 0 Å². The zero-order valence-electron chi connectivity index (χ0n) is 12.3. The molecule has 2 fully saturated rings. The van der Waals surface area contributed by atoms with Gasteiger partial charge in [-0.25, -0.2) is 4.79 Å².